The number of halogens is 2. The fourth-order valence-electron chi connectivity index (χ4n) is 2.23. The number of amides is 1. The highest BCUT2D eigenvalue weighted by molar-refractivity contribution is 7.15. The molecule has 8 heteroatoms. The number of anilines is 1. The third kappa shape index (κ3) is 6.48. The van der Waals surface area contributed by atoms with E-state index in [4.69, 9.17) is 0 Å². The first-order valence-corrected chi connectivity index (χ1v) is 7.70. The molecule has 1 saturated heterocycles. The van der Waals surface area contributed by atoms with E-state index >= 15 is 0 Å². The number of aryl methyl sites for hydroxylation is 2. The lowest BCUT2D eigenvalue weighted by molar-refractivity contribution is -0.117. The van der Waals surface area contributed by atoms with Gasteiger partial charge in [0.2, 0.25) is 5.91 Å². The van der Waals surface area contributed by atoms with Crippen molar-refractivity contribution in [3.8, 4) is 0 Å². The molecule has 5 nitrogen and oxygen atoms in total. The number of nitrogens with zero attached hydrogens (tertiary/aromatic N) is 2. The van der Waals surface area contributed by atoms with Gasteiger partial charge in [0, 0.05) is 18.0 Å². The Balaban J connectivity index is 0.00000200. The van der Waals surface area contributed by atoms with E-state index in [0.717, 1.165) is 49.8 Å². The molecule has 1 aliphatic heterocycles. The van der Waals surface area contributed by atoms with Crippen LogP contribution in [-0.4, -0.2) is 48.5 Å². The van der Waals surface area contributed by atoms with Crippen LogP contribution in [0.4, 0.5) is 5.13 Å². The van der Waals surface area contributed by atoms with E-state index in [1.165, 1.54) is 4.88 Å². The molecule has 0 radical (unpaired) electrons. The minimum Gasteiger partial charge on any atom is -0.315 e. The normalized spacial score (nSPS) is 15.5. The highest BCUT2D eigenvalue weighted by Gasteiger charge is 2.14. The van der Waals surface area contributed by atoms with E-state index in [2.05, 4.69) is 27.4 Å². The van der Waals surface area contributed by atoms with Crippen LogP contribution >= 0.6 is 36.2 Å². The maximum Gasteiger partial charge on any atom is 0.240 e. The summed E-state index contributed by atoms with van der Waals surface area (Å²) in [4.78, 5) is 19.8. The molecular weight excluding hydrogens is 331 g/mol. The zero-order chi connectivity index (χ0) is 13.7. The second-order valence-corrected chi connectivity index (χ2v) is 6.01. The second-order valence-electron chi connectivity index (χ2n) is 4.80. The molecule has 1 aliphatic rings. The summed E-state index contributed by atoms with van der Waals surface area (Å²) < 4.78 is 0. The summed E-state index contributed by atoms with van der Waals surface area (Å²) in [5, 5.41) is 6.98. The van der Waals surface area contributed by atoms with Crippen LogP contribution < -0.4 is 10.6 Å². The van der Waals surface area contributed by atoms with Gasteiger partial charge in [0.25, 0.3) is 0 Å². The molecule has 21 heavy (non-hydrogen) atoms. The molecule has 2 rings (SSSR count). The van der Waals surface area contributed by atoms with Crippen molar-refractivity contribution in [1.82, 2.24) is 15.2 Å². The topological polar surface area (TPSA) is 57.3 Å². The van der Waals surface area contributed by atoms with Crippen LogP contribution in [0.3, 0.4) is 0 Å². The van der Waals surface area contributed by atoms with E-state index in [9.17, 15) is 4.79 Å². The van der Waals surface area contributed by atoms with Gasteiger partial charge >= 0.3 is 0 Å². The van der Waals surface area contributed by atoms with Gasteiger partial charge in [0.1, 0.15) is 0 Å². The van der Waals surface area contributed by atoms with Gasteiger partial charge in [-0.3, -0.25) is 9.69 Å². The fourth-order valence-corrected chi connectivity index (χ4v) is 3.15. The quantitative estimate of drug-likeness (QED) is 0.869. The number of hydrogen-bond donors (Lipinski definition) is 2. The Bertz CT molecular complexity index is 434. The molecule has 1 amide bonds. The van der Waals surface area contributed by atoms with Crippen LogP contribution in [0.25, 0.3) is 0 Å². The van der Waals surface area contributed by atoms with Gasteiger partial charge in [0.15, 0.2) is 5.13 Å². The maximum atomic E-state index is 12.0. The van der Waals surface area contributed by atoms with Gasteiger partial charge in [0.05, 0.1) is 12.2 Å². The van der Waals surface area contributed by atoms with Crippen LogP contribution in [-0.2, 0) is 11.2 Å². The van der Waals surface area contributed by atoms with Crippen LogP contribution in [0.1, 0.15) is 23.9 Å². The highest BCUT2D eigenvalue weighted by Crippen LogP contribution is 2.22. The van der Waals surface area contributed by atoms with Crippen molar-refractivity contribution in [3.05, 3.63) is 10.6 Å². The van der Waals surface area contributed by atoms with Crippen LogP contribution in [0.15, 0.2) is 0 Å². The second kappa shape index (κ2) is 10.3. The number of nitrogens with one attached hydrogen (secondary N) is 2. The minimum atomic E-state index is 0. The molecule has 0 unspecified atom stereocenters. The summed E-state index contributed by atoms with van der Waals surface area (Å²) >= 11 is 1.56. The average molecular weight is 355 g/mol. The standard InChI is InChI=1S/C13H22N4OS.2ClH/c1-3-11-10(2)19-13(15-11)16-12(18)9-17-7-4-5-14-6-8-17;;/h14H,3-9H2,1-2H3,(H,15,16,18);2*1H. The molecule has 0 aromatic carbocycles. The lowest BCUT2D eigenvalue weighted by Gasteiger charge is -2.17. The van der Waals surface area contributed by atoms with Gasteiger partial charge in [-0.05, 0) is 32.9 Å². The van der Waals surface area contributed by atoms with E-state index < -0.39 is 0 Å². The maximum absolute atomic E-state index is 12.0. The largest absolute Gasteiger partial charge is 0.315 e. The molecule has 0 spiro atoms. The Hall–Kier alpha value is -0.400. The number of thiazole rings is 1. The first-order valence-electron chi connectivity index (χ1n) is 6.88. The zero-order valence-corrected chi connectivity index (χ0v) is 14.9. The molecule has 122 valence electrons. The number of hydrogen-bond acceptors (Lipinski definition) is 5. The van der Waals surface area contributed by atoms with Gasteiger partial charge in [-0.2, -0.15) is 0 Å². The Morgan fingerprint density at radius 2 is 2.14 bits per heavy atom. The molecule has 0 saturated carbocycles. The molecule has 2 heterocycles. The van der Waals surface area contributed by atoms with E-state index in [1.54, 1.807) is 11.3 Å². The summed E-state index contributed by atoms with van der Waals surface area (Å²) in [6, 6.07) is 0. The summed E-state index contributed by atoms with van der Waals surface area (Å²) in [7, 11) is 0. The summed E-state index contributed by atoms with van der Waals surface area (Å²) in [6.07, 6.45) is 2.01. The van der Waals surface area contributed by atoms with Gasteiger partial charge in [-0.25, -0.2) is 4.98 Å². The molecule has 0 atom stereocenters. The molecule has 0 aliphatic carbocycles. The number of aromatic nitrogens is 1. The lowest BCUT2D eigenvalue weighted by Crippen LogP contribution is -2.35. The van der Waals surface area contributed by atoms with Crippen LogP contribution in [0.5, 0.6) is 0 Å². The van der Waals surface area contributed by atoms with Crippen molar-refractivity contribution in [3.63, 3.8) is 0 Å². The first-order chi connectivity index (χ1) is 9.19. The summed E-state index contributed by atoms with van der Waals surface area (Å²) in [6.45, 7) is 8.52. The predicted octanol–water partition coefficient (Wildman–Crippen LogP) is 2.09. The molecule has 1 aromatic heterocycles. The third-order valence-electron chi connectivity index (χ3n) is 3.27. The fraction of sp³-hybridized carbons (Fsp3) is 0.692. The Morgan fingerprint density at radius 3 is 2.81 bits per heavy atom. The number of carbonyl (C=O) groups is 1. The van der Waals surface area contributed by atoms with E-state index in [0.29, 0.717) is 6.54 Å². The Morgan fingerprint density at radius 1 is 1.38 bits per heavy atom. The number of rotatable bonds is 4. The highest BCUT2D eigenvalue weighted by atomic mass is 35.5. The average Bonchev–Trinajstić information content (AvgIpc) is 2.58. The summed E-state index contributed by atoms with van der Waals surface area (Å²) in [5.74, 6) is 0.0401. The smallest absolute Gasteiger partial charge is 0.240 e. The van der Waals surface area contributed by atoms with Gasteiger partial charge < -0.3 is 10.6 Å². The van der Waals surface area contributed by atoms with Crippen molar-refractivity contribution in [2.75, 3.05) is 38.0 Å². The molecule has 2 N–H and O–H groups in total. The minimum absolute atomic E-state index is 0. The molecule has 1 aromatic rings. The van der Waals surface area contributed by atoms with Crippen molar-refractivity contribution in [1.29, 1.82) is 0 Å². The van der Waals surface area contributed by atoms with Gasteiger partial charge in [-0.1, -0.05) is 6.92 Å². The molecule has 1 fully saturated rings. The lowest BCUT2D eigenvalue weighted by atomic mass is 10.3. The predicted molar refractivity (Wildman–Crippen MR) is 93.3 cm³/mol. The van der Waals surface area contributed by atoms with Crippen molar-refractivity contribution >= 4 is 47.2 Å². The van der Waals surface area contributed by atoms with Crippen molar-refractivity contribution in [2.24, 2.45) is 0 Å². The SMILES string of the molecule is CCc1nc(NC(=O)CN2CCCNCC2)sc1C.Cl.Cl. The van der Waals surface area contributed by atoms with Crippen molar-refractivity contribution in [2.45, 2.75) is 26.7 Å². The Kier molecular flexibility index (Phi) is 10.1. The monoisotopic (exact) mass is 354 g/mol. The summed E-state index contributed by atoms with van der Waals surface area (Å²) in [5.41, 5.74) is 1.08. The van der Waals surface area contributed by atoms with Crippen LogP contribution in [0, 0.1) is 6.92 Å². The van der Waals surface area contributed by atoms with Crippen molar-refractivity contribution < 1.29 is 4.79 Å². The van der Waals surface area contributed by atoms with Gasteiger partial charge in [-0.15, -0.1) is 36.2 Å². The van der Waals surface area contributed by atoms with Crippen LogP contribution in [0.2, 0.25) is 0 Å². The van der Waals surface area contributed by atoms with E-state index in [-0.39, 0.29) is 30.7 Å². The Labute approximate surface area is 142 Å². The first kappa shape index (κ1) is 20.6. The zero-order valence-electron chi connectivity index (χ0n) is 12.5. The molecule has 0 bridgehead atoms. The van der Waals surface area contributed by atoms with E-state index in [1.807, 2.05) is 6.92 Å². The molecular formula is C13H24Cl2N4OS. The third-order valence-corrected chi connectivity index (χ3v) is 4.20. The number of carbonyl (C=O) groups excluding carboxylic acids is 1.